The number of rotatable bonds is 9. The summed E-state index contributed by atoms with van der Waals surface area (Å²) in [7, 11) is 1.69. The Morgan fingerprint density at radius 3 is 2.23 bits per heavy atom. The number of amides is 1. The van der Waals surface area contributed by atoms with Crippen LogP contribution in [0, 0.1) is 6.92 Å². The highest BCUT2D eigenvalue weighted by Crippen LogP contribution is 2.41. The van der Waals surface area contributed by atoms with E-state index in [2.05, 4.69) is 20.6 Å². The molecule has 2 aromatic heterocycles. The summed E-state index contributed by atoms with van der Waals surface area (Å²) in [6.07, 6.45) is 1.61. The van der Waals surface area contributed by atoms with E-state index in [1.807, 2.05) is 20.8 Å². The standard InChI is InChI=1S/C20H25N5O5/c1-6-27-14-9-13(10-15(28-7-2)17(14)29-8-3)19-23-24-20(30-19)22-18(26)16-12(4)11-21-25(16)5/h9-11H,6-8H2,1-5H3,(H,22,24,26). The van der Waals surface area contributed by atoms with Crippen molar-refractivity contribution >= 4 is 11.9 Å². The average molecular weight is 415 g/mol. The second-order valence-electron chi connectivity index (χ2n) is 6.27. The first-order chi connectivity index (χ1) is 14.5. The van der Waals surface area contributed by atoms with Gasteiger partial charge < -0.3 is 18.6 Å². The second-order valence-corrected chi connectivity index (χ2v) is 6.27. The maximum Gasteiger partial charge on any atom is 0.322 e. The van der Waals surface area contributed by atoms with Crippen LogP contribution in [0.1, 0.15) is 36.8 Å². The molecule has 0 fully saturated rings. The molecule has 0 saturated heterocycles. The van der Waals surface area contributed by atoms with Gasteiger partial charge in [-0.3, -0.25) is 14.8 Å². The van der Waals surface area contributed by atoms with Gasteiger partial charge in [-0.1, -0.05) is 5.10 Å². The highest BCUT2D eigenvalue weighted by Gasteiger charge is 2.21. The molecule has 0 aliphatic carbocycles. The van der Waals surface area contributed by atoms with Gasteiger partial charge in [0.1, 0.15) is 5.69 Å². The quantitative estimate of drug-likeness (QED) is 0.567. The topological polar surface area (TPSA) is 114 Å². The number of ether oxygens (including phenoxy) is 3. The van der Waals surface area contributed by atoms with Crippen LogP contribution in [0.25, 0.3) is 11.5 Å². The molecule has 0 unspecified atom stereocenters. The van der Waals surface area contributed by atoms with Gasteiger partial charge in [0.25, 0.3) is 5.91 Å². The minimum atomic E-state index is -0.389. The van der Waals surface area contributed by atoms with Crippen LogP contribution in [-0.2, 0) is 7.05 Å². The SMILES string of the molecule is CCOc1cc(-c2nnc(NC(=O)c3c(C)cnn3C)o2)cc(OCC)c1OCC. The Morgan fingerprint density at radius 2 is 1.70 bits per heavy atom. The monoisotopic (exact) mass is 415 g/mol. The molecule has 10 heteroatoms. The lowest BCUT2D eigenvalue weighted by Gasteiger charge is -2.16. The Morgan fingerprint density at radius 1 is 1.07 bits per heavy atom. The first-order valence-corrected chi connectivity index (χ1v) is 9.68. The molecule has 0 spiro atoms. The van der Waals surface area contributed by atoms with Crippen LogP contribution in [0.15, 0.2) is 22.7 Å². The lowest BCUT2D eigenvalue weighted by atomic mass is 10.2. The predicted molar refractivity (Wildman–Crippen MR) is 109 cm³/mol. The molecule has 1 amide bonds. The lowest BCUT2D eigenvalue weighted by Crippen LogP contribution is -2.17. The number of anilines is 1. The first-order valence-electron chi connectivity index (χ1n) is 9.68. The zero-order valence-corrected chi connectivity index (χ0v) is 17.7. The second kappa shape index (κ2) is 9.29. The lowest BCUT2D eigenvalue weighted by molar-refractivity contribution is 0.101. The molecule has 2 heterocycles. The van der Waals surface area contributed by atoms with Crippen molar-refractivity contribution < 1.29 is 23.4 Å². The van der Waals surface area contributed by atoms with E-state index < -0.39 is 0 Å². The van der Waals surface area contributed by atoms with Crippen molar-refractivity contribution in [1.82, 2.24) is 20.0 Å². The Kier molecular flexibility index (Phi) is 6.55. The molecule has 1 aromatic carbocycles. The van der Waals surface area contributed by atoms with E-state index in [1.54, 1.807) is 32.3 Å². The molecule has 3 rings (SSSR count). The van der Waals surface area contributed by atoms with E-state index in [9.17, 15) is 4.79 Å². The highest BCUT2D eigenvalue weighted by atomic mass is 16.5. The molecule has 10 nitrogen and oxygen atoms in total. The summed E-state index contributed by atoms with van der Waals surface area (Å²) in [4.78, 5) is 12.5. The predicted octanol–water partition coefficient (Wildman–Crippen LogP) is 3.23. The van der Waals surface area contributed by atoms with E-state index in [0.29, 0.717) is 48.3 Å². The summed E-state index contributed by atoms with van der Waals surface area (Å²) in [5.41, 5.74) is 1.73. The van der Waals surface area contributed by atoms with E-state index in [1.165, 1.54) is 4.68 Å². The van der Waals surface area contributed by atoms with E-state index >= 15 is 0 Å². The van der Waals surface area contributed by atoms with Gasteiger partial charge in [-0.15, -0.1) is 5.10 Å². The third-order valence-electron chi connectivity index (χ3n) is 4.14. The molecule has 3 aromatic rings. The van der Waals surface area contributed by atoms with Gasteiger partial charge in [-0.05, 0) is 45.4 Å². The van der Waals surface area contributed by atoms with Crippen LogP contribution in [0.4, 0.5) is 6.01 Å². The smallest absolute Gasteiger partial charge is 0.322 e. The van der Waals surface area contributed by atoms with Crippen molar-refractivity contribution in [3.63, 3.8) is 0 Å². The zero-order valence-electron chi connectivity index (χ0n) is 17.7. The largest absolute Gasteiger partial charge is 0.490 e. The van der Waals surface area contributed by atoms with Gasteiger partial charge in [0.15, 0.2) is 11.5 Å². The number of carbonyl (C=O) groups excluding carboxylic acids is 1. The van der Waals surface area contributed by atoms with Crippen LogP contribution < -0.4 is 19.5 Å². The van der Waals surface area contributed by atoms with Crippen molar-refractivity contribution in [1.29, 1.82) is 0 Å². The fraction of sp³-hybridized carbons (Fsp3) is 0.400. The maximum absolute atomic E-state index is 12.5. The summed E-state index contributed by atoms with van der Waals surface area (Å²) in [5.74, 6) is 1.35. The molecule has 0 aliphatic rings. The molecular formula is C20H25N5O5. The number of nitrogens with one attached hydrogen (secondary N) is 1. The molecular weight excluding hydrogens is 390 g/mol. The Balaban J connectivity index is 1.91. The zero-order chi connectivity index (χ0) is 21.7. The molecule has 0 atom stereocenters. The number of carbonyl (C=O) groups is 1. The summed E-state index contributed by atoms with van der Waals surface area (Å²) in [5, 5.41) is 14.6. The Hall–Kier alpha value is -3.56. The third kappa shape index (κ3) is 4.37. The summed E-state index contributed by atoms with van der Waals surface area (Å²) < 4.78 is 24.3. The fourth-order valence-corrected chi connectivity index (χ4v) is 2.93. The molecule has 0 bridgehead atoms. The molecule has 0 saturated carbocycles. The van der Waals surface area contributed by atoms with Crippen molar-refractivity contribution in [2.24, 2.45) is 7.05 Å². The van der Waals surface area contributed by atoms with Crippen LogP contribution in [-0.4, -0.2) is 45.7 Å². The van der Waals surface area contributed by atoms with Crippen LogP contribution >= 0.6 is 0 Å². The van der Waals surface area contributed by atoms with Crippen molar-refractivity contribution in [2.75, 3.05) is 25.1 Å². The van der Waals surface area contributed by atoms with Crippen molar-refractivity contribution in [3.8, 4) is 28.7 Å². The highest BCUT2D eigenvalue weighted by molar-refractivity contribution is 6.02. The number of nitrogens with zero attached hydrogens (tertiary/aromatic N) is 4. The summed E-state index contributed by atoms with van der Waals surface area (Å²) in [6, 6.07) is 3.45. The first kappa shape index (κ1) is 21.2. The van der Waals surface area contributed by atoms with Crippen LogP contribution in [0.3, 0.4) is 0 Å². The van der Waals surface area contributed by atoms with Gasteiger partial charge in [0.05, 0.1) is 26.0 Å². The number of hydrogen-bond donors (Lipinski definition) is 1. The van der Waals surface area contributed by atoms with Crippen LogP contribution in [0.2, 0.25) is 0 Å². The molecule has 1 N–H and O–H groups in total. The fourth-order valence-electron chi connectivity index (χ4n) is 2.93. The molecule has 0 radical (unpaired) electrons. The Labute approximate surface area is 174 Å². The van der Waals surface area contributed by atoms with E-state index in [4.69, 9.17) is 18.6 Å². The van der Waals surface area contributed by atoms with Gasteiger partial charge in [0.2, 0.25) is 11.6 Å². The van der Waals surface area contributed by atoms with Gasteiger partial charge in [-0.2, -0.15) is 5.10 Å². The Bertz CT molecular complexity index is 980. The number of benzene rings is 1. The van der Waals surface area contributed by atoms with Gasteiger partial charge >= 0.3 is 6.01 Å². The number of aryl methyl sites for hydroxylation is 2. The molecule has 0 aliphatic heterocycles. The minimum absolute atomic E-state index is 0.0274. The van der Waals surface area contributed by atoms with Crippen LogP contribution in [0.5, 0.6) is 17.2 Å². The summed E-state index contributed by atoms with van der Waals surface area (Å²) in [6.45, 7) is 8.80. The van der Waals surface area contributed by atoms with Crippen molar-refractivity contribution in [2.45, 2.75) is 27.7 Å². The normalized spacial score (nSPS) is 10.7. The molecule has 160 valence electrons. The van der Waals surface area contributed by atoms with Gasteiger partial charge in [0, 0.05) is 12.6 Å². The summed E-state index contributed by atoms with van der Waals surface area (Å²) >= 11 is 0. The average Bonchev–Trinajstić information content (AvgIpc) is 3.30. The van der Waals surface area contributed by atoms with Gasteiger partial charge in [-0.25, -0.2) is 0 Å². The third-order valence-corrected chi connectivity index (χ3v) is 4.14. The molecule has 30 heavy (non-hydrogen) atoms. The van der Waals surface area contributed by atoms with E-state index in [-0.39, 0.29) is 17.8 Å². The van der Waals surface area contributed by atoms with E-state index in [0.717, 1.165) is 5.56 Å². The number of hydrogen-bond acceptors (Lipinski definition) is 8. The number of aromatic nitrogens is 4. The minimum Gasteiger partial charge on any atom is -0.490 e. The maximum atomic E-state index is 12.5. The van der Waals surface area contributed by atoms with Crippen molar-refractivity contribution in [3.05, 3.63) is 29.6 Å².